The third-order valence-corrected chi connectivity index (χ3v) is 5.95. The van der Waals surface area contributed by atoms with Gasteiger partial charge in [0.2, 0.25) is 20.0 Å². The van der Waals surface area contributed by atoms with Crippen molar-refractivity contribution in [1.29, 1.82) is 0 Å². The van der Waals surface area contributed by atoms with Crippen molar-refractivity contribution in [2.45, 2.75) is 11.3 Å². The van der Waals surface area contributed by atoms with E-state index in [0.717, 1.165) is 11.8 Å². The largest absolute Gasteiger partial charge is 0.379 e. The van der Waals surface area contributed by atoms with E-state index in [1.54, 1.807) is 24.3 Å². The fraction of sp³-hybridized carbons (Fsp3) is 0.538. The summed E-state index contributed by atoms with van der Waals surface area (Å²) >= 11 is 0. The Labute approximate surface area is 131 Å². The second-order valence-corrected chi connectivity index (χ2v) is 8.85. The van der Waals surface area contributed by atoms with Crippen LogP contribution in [-0.4, -0.2) is 60.2 Å². The Morgan fingerprint density at radius 2 is 1.68 bits per heavy atom. The molecule has 0 aliphatic carbocycles. The van der Waals surface area contributed by atoms with E-state index in [1.807, 2.05) is 0 Å². The molecule has 0 radical (unpaired) electrons. The van der Waals surface area contributed by atoms with Gasteiger partial charge in [-0.05, 0) is 24.1 Å². The number of benzene rings is 1. The van der Waals surface area contributed by atoms with Crippen LogP contribution in [0.5, 0.6) is 0 Å². The third-order valence-electron chi connectivity index (χ3n) is 3.31. The molecular formula is C13H20N2O5S2. The van der Waals surface area contributed by atoms with E-state index in [2.05, 4.69) is 4.72 Å². The summed E-state index contributed by atoms with van der Waals surface area (Å²) in [6.07, 6.45) is 1.61. The number of nitrogens with zero attached hydrogens (tertiary/aromatic N) is 1. The molecule has 0 aromatic heterocycles. The van der Waals surface area contributed by atoms with Gasteiger partial charge in [-0.15, -0.1) is 0 Å². The minimum Gasteiger partial charge on any atom is -0.379 e. The second kappa shape index (κ2) is 7.05. The number of nitrogens with one attached hydrogen (secondary N) is 1. The molecule has 124 valence electrons. The summed E-state index contributed by atoms with van der Waals surface area (Å²) in [5.74, 6) is 0. The standard InChI is InChI=1S/C13H20N2O5S2/c1-21(16,17)14-7-6-12-2-4-13(5-3-12)22(18,19)15-8-10-20-11-9-15/h2-5,14H,6-11H2,1H3. The highest BCUT2D eigenvalue weighted by atomic mass is 32.2. The first-order chi connectivity index (χ1) is 10.3. The van der Waals surface area contributed by atoms with Gasteiger partial charge in [0.15, 0.2) is 0 Å². The molecule has 2 rings (SSSR count). The average Bonchev–Trinajstić information content (AvgIpc) is 2.47. The van der Waals surface area contributed by atoms with Crippen LogP contribution >= 0.6 is 0 Å². The first-order valence-electron chi connectivity index (χ1n) is 6.90. The van der Waals surface area contributed by atoms with Gasteiger partial charge in [-0.1, -0.05) is 12.1 Å². The summed E-state index contributed by atoms with van der Waals surface area (Å²) in [6, 6.07) is 6.52. The average molecular weight is 348 g/mol. The molecule has 1 saturated heterocycles. The van der Waals surface area contributed by atoms with Crippen molar-refractivity contribution >= 4 is 20.0 Å². The zero-order valence-corrected chi connectivity index (χ0v) is 14.0. The van der Waals surface area contributed by atoms with E-state index in [0.29, 0.717) is 32.7 Å². The van der Waals surface area contributed by atoms with Crippen molar-refractivity contribution in [1.82, 2.24) is 9.03 Å². The Kier molecular flexibility index (Phi) is 5.56. The van der Waals surface area contributed by atoms with Crippen molar-refractivity contribution in [3.8, 4) is 0 Å². The van der Waals surface area contributed by atoms with Crippen molar-refractivity contribution in [3.63, 3.8) is 0 Å². The van der Waals surface area contributed by atoms with Gasteiger partial charge in [0, 0.05) is 19.6 Å². The normalized spacial score (nSPS) is 17.5. The van der Waals surface area contributed by atoms with Gasteiger partial charge in [0.1, 0.15) is 0 Å². The molecule has 9 heteroatoms. The lowest BCUT2D eigenvalue weighted by Gasteiger charge is -2.26. The van der Waals surface area contributed by atoms with Gasteiger partial charge in [0.05, 0.1) is 24.4 Å². The Morgan fingerprint density at radius 3 is 2.23 bits per heavy atom. The quantitative estimate of drug-likeness (QED) is 0.768. The number of morpholine rings is 1. The highest BCUT2D eigenvalue weighted by Gasteiger charge is 2.25. The molecule has 1 aliphatic rings. The van der Waals surface area contributed by atoms with Gasteiger partial charge >= 0.3 is 0 Å². The lowest BCUT2D eigenvalue weighted by atomic mass is 10.2. The SMILES string of the molecule is CS(=O)(=O)NCCc1ccc(S(=O)(=O)N2CCOCC2)cc1. The molecule has 1 heterocycles. The van der Waals surface area contributed by atoms with Crippen molar-refractivity contribution in [2.24, 2.45) is 0 Å². The smallest absolute Gasteiger partial charge is 0.243 e. The molecule has 0 saturated carbocycles. The number of hydrogen-bond acceptors (Lipinski definition) is 5. The Balaban J connectivity index is 2.01. The van der Waals surface area contributed by atoms with E-state index in [4.69, 9.17) is 4.74 Å². The summed E-state index contributed by atoms with van der Waals surface area (Å²) < 4.78 is 55.8. The molecule has 1 N–H and O–H groups in total. The fourth-order valence-corrected chi connectivity index (χ4v) is 4.03. The van der Waals surface area contributed by atoms with Crippen LogP contribution in [0.3, 0.4) is 0 Å². The molecule has 0 spiro atoms. The molecule has 1 aromatic rings. The summed E-state index contributed by atoms with van der Waals surface area (Å²) in [5.41, 5.74) is 0.872. The number of sulfonamides is 2. The van der Waals surface area contributed by atoms with Gasteiger partial charge < -0.3 is 4.74 Å². The zero-order valence-electron chi connectivity index (χ0n) is 12.4. The van der Waals surface area contributed by atoms with E-state index in [9.17, 15) is 16.8 Å². The molecule has 0 atom stereocenters. The monoisotopic (exact) mass is 348 g/mol. The molecule has 1 aromatic carbocycles. The van der Waals surface area contributed by atoms with Crippen LogP contribution in [-0.2, 0) is 31.2 Å². The number of rotatable bonds is 6. The van der Waals surface area contributed by atoms with Gasteiger partial charge in [-0.3, -0.25) is 0 Å². The Morgan fingerprint density at radius 1 is 1.09 bits per heavy atom. The van der Waals surface area contributed by atoms with Gasteiger partial charge in [-0.25, -0.2) is 21.6 Å². The first-order valence-corrected chi connectivity index (χ1v) is 10.2. The molecule has 22 heavy (non-hydrogen) atoms. The summed E-state index contributed by atoms with van der Waals surface area (Å²) in [7, 11) is -6.69. The third kappa shape index (κ3) is 4.75. The molecule has 1 aliphatic heterocycles. The first kappa shape index (κ1) is 17.4. The van der Waals surface area contributed by atoms with Crippen molar-refractivity contribution < 1.29 is 21.6 Å². The summed E-state index contributed by atoms with van der Waals surface area (Å²) in [6.45, 7) is 1.84. The van der Waals surface area contributed by atoms with Crippen LogP contribution in [0.1, 0.15) is 5.56 Å². The van der Waals surface area contributed by atoms with Gasteiger partial charge in [-0.2, -0.15) is 4.31 Å². The molecule has 0 amide bonds. The molecule has 0 unspecified atom stereocenters. The number of ether oxygens (including phenoxy) is 1. The number of hydrogen-bond donors (Lipinski definition) is 1. The van der Waals surface area contributed by atoms with E-state index >= 15 is 0 Å². The molecule has 7 nitrogen and oxygen atoms in total. The lowest BCUT2D eigenvalue weighted by Crippen LogP contribution is -2.40. The van der Waals surface area contributed by atoms with Crippen LogP contribution in [0.2, 0.25) is 0 Å². The fourth-order valence-electron chi connectivity index (χ4n) is 2.14. The highest BCUT2D eigenvalue weighted by molar-refractivity contribution is 7.89. The predicted molar refractivity (Wildman–Crippen MR) is 82.6 cm³/mol. The van der Waals surface area contributed by atoms with Gasteiger partial charge in [0.25, 0.3) is 0 Å². The summed E-state index contributed by atoms with van der Waals surface area (Å²) in [4.78, 5) is 0.245. The maximum atomic E-state index is 12.4. The van der Waals surface area contributed by atoms with Crippen LogP contribution < -0.4 is 4.72 Å². The van der Waals surface area contributed by atoms with E-state index in [-0.39, 0.29) is 11.4 Å². The second-order valence-electron chi connectivity index (χ2n) is 5.08. The van der Waals surface area contributed by atoms with E-state index < -0.39 is 20.0 Å². The maximum absolute atomic E-state index is 12.4. The van der Waals surface area contributed by atoms with Crippen LogP contribution in [0.15, 0.2) is 29.2 Å². The predicted octanol–water partition coefficient (Wildman–Crippen LogP) is -0.201. The van der Waals surface area contributed by atoms with E-state index in [1.165, 1.54) is 4.31 Å². The molecule has 1 fully saturated rings. The molecular weight excluding hydrogens is 328 g/mol. The Hall–Kier alpha value is -1.00. The van der Waals surface area contributed by atoms with Crippen LogP contribution in [0.4, 0.5) is 0 Å². The van der Waals surface area contributed by atoms with Crippen LogP contribution in [0, 0.1) is 0 Å². The highest BCUT2D eigenvalue weighted by Crippen LogP contribution is 2.17. The molecule has 0 bridgehead atoms. The lowest BCUT2D eigenvalue weighted by molar-refractivity contribution is 0.0730. The maximum Gasteiger partial charge on any atom is 0.243 e. The topological polar surface area (TPSA) is 92.8 Å². The minimum atomic E-state index is -3.48. The minimum absolute atomic E-state index is 0.245. The zero-order chi connectivity index (χ0) is 16.2. The van der Waals surface area contributed by atoms with Crippen molar-refractivity contribution in [3.05, 3.63) is 29.8 Å². The van der Waals surface area contributed by atoms with Crippen LogP contribution in [0.25, 0.3) is 0 Å². The van der Waals surface area contributed by atoms with Crippen molar-refractivity contribution in [2.75, 3.05) is 39.1 Å². The Bertz CT molecular complexity index is 692. The summed E-state index contributed by atoms with van der Waals surface area (Å²) in [5, 5.41) is 0.